The zero-order chi connectivity index (χ0) is 27.1. The van der Waals surface area contributed by atoms with Gasteiger partial charge >= 0.3 is 12.1 Å². The van der Waals surface area contributed by atoms with Gasteiger partial charge in [0.25, 0.3) is 5.60 Å². The van der Waals surface area contributed by atoms with Crippen molar-refractivity contribution < 1.29 is 41.7 Å². The molecule has 3 aliphatic rings. The Hall–Kier alpha value is -3.53. The average Bonchev–Trinajstić information content (AvgIpc) is 2.90. The molecule has 7 nitrogen and oxygen atoms in total. The zero-order valence-corrected chi connectivity index (χ0v) is 21.3. The number of fused-ring (bicyclic) bond motifs is 4. The fourth-order valence-corrected chi connectivity index (χ4v) is 5.45. The molecule has 3 atom stereocenters. The minimum Gasteiger partial charge on any atom is -0.493 e. The molecular formula is C28H28F3NO6. The molecule has 0 N–H and O–H groups in total. The summed E-state index contributed by atoms with van der Waals surface area (Å²) in [5.74, 6) is 0.0267. The second kappa shape index (κ2) is 9.98. The highest BCUT2D eigenvalue weighted by Crippen LogP contribution is 2.47. The molecule has 0 fully saturated rings. The highest BCUT2D eigenvalue weighted by Gasteiger charge is 2.64. The summed E-state index contributed by atoms with van der Waals surface area (Å²) < 4.78 is 71.1. The van der Waals surface area contributed by atoms with Crippen molar-refractivity contribution in [2.75, 3.05) is 27.9 Å². The summed E-state index contributed by atoms with van der Waals surface area (Å²) >= 11 is 0. The first-order valence-electron chi connectivity index (χ1n) is 12.3. The molecule has 0 aromatic heterocycles. The molecule has 0 aliphatic carbocycles. The number of benzene rings is 2. The van der Waals surface area contributed by atoms with Gasteiger partial charge in [0.05, 0.1) is 25.5 Å². The summed E-state index contributed by atoms with van der Waals surface area (Å²) in [6.07, 6.45) is -3.03. The maximum Gasteiger partial charge on any atom is 0.432 e. The molecule has 5 rings (SSSR count). The third-order valence-electron chi connectivity index (χ3n) is 7.26. The number of hydrogen-bond acceptors (Lipinski definition) is 7. The molecule has 3 heterocycles. The molecule has 0 amide bonds. The van der Waals surface area contributed by atoms with E-state index in [1.807, 2.05) is 6.07 Å². The van der Waals surface area contributed by atoms with Crippen LogP contribution >= 0.6 is 0 Å². The normalized spacial score (nSPS) is 23.2. The maximum absolute atomic E-state index is 14.4. The molecule has 0 unspecified atom stereocenters. The van der Waals surface area contributed by atoms with Crippen LogP contribution in [-0.2, 0) is 31.0 Å². The van der Waals surface area contributed by atoms with E-state index >= 15 is 0 Å². The van der Waals surface area contributed by atoms with Crippen molar-refractivity contribution in [3.8, 4) is 11.5 Å². The van der Waals surface area contributed by atoms with E-state index in [9.17, 15) is 18.0 Å². The lowest BCUT2D eigenvalue weighted by Gasteiger charge is -2.37. The summed E-state index contributed by atoms with van der Waals surface area (Å²) in [7, 11) is 3.94. The predicted molar refractivity (Wildman–Crippen MR) is 132 cm³/mol. The van der Waals surface area contributed by atoms with Crippen molar-refractivity contribution in [2.45, 2.75) is 49.7 Å². The average molecular weight is 532 g/mol. The topological polar surface area (TPSA) is 75.6 Å². The molecule has 2 bridgehead atoms. The number of methoxy groups -OCH3 is 3. The number of halogens is 3. The van der Waals surface area contributed by atoms with Gasteiger partial charge in [-0.15, -0.1) is 0 Å². The number of esters is 1. The van der Waals surface area contributed by atoms with Crippen LogP contribution in [0.3, 0.4) is 0 Å². The van der Waals surface area contributed by atoms with Gasteiger partial charge in [-0.05, 0) is 37.0 Å². The van der Waals surface area contributed by atoms with Crippen LogP contribution in [0.2, 0.25) is 0 Å². The van der Waals surface area contributed by atoms with E-state index in [0.29, 0.717) is 35.8 Å². The lowest BCUT2D eigenvalue weighted by Crippen LogP contribution is -2.52. The Morgan fingerprint density at radius 3 is 2.47 bits per heavy atom. The number of carbonyl (C=O) groups is 1. The number of ether oxygens (including phenoxy) is 5. The van der Waals surface area contributed by atoms with Crippen LogP contribution in [0.1, 0.15) is 41.5 Å². The van der Waals surface area contributed by atoms with E-state index in [0.717, 1.165) is 30.4 Å². The van der Waals surface area contributed by atoms with Gasteiger partial charge in [0.1, 0.15) is 18.0 Å². The first-order valence-corrected chi connectivity index (χ1v) is 12.3. The van der Waals surface area contributed by atoms with Gasteiger partial charge in [-0.2, -0.15) is 13.2 Å². The van der Waals surface area contributed by atoms with Crippen LogP contribution in [0.25, 0.3) is 5.76 Å². The van der Waals surface area contributed by atoms with Gasteiger partial charge in [0.15, 0.2) is 11.5 Å². The third-order valence-corrected chi connectivity index (χ3v) is 7.26. The van der Waals surface area contributed by atoms with Crippen LogP contribution in [0.15, 0.2) is 47.5 Å². The van der Waals surface area contributed by atoms with E-state index < -0.39 is 30.0 Å². The molecule has 2 aromatic carbocycles. The van der Waals surface area contributed by atoms with Gasteiger partial charge in [-0.1, -0.05) is 30.3 Å². The lowest BCUT2D eigenvalue weighted by atomic mass is 9.83. The number of hydrogen-bond donors (Lipinski definition) is 0. The molecule has 0 saturated carbocycles. The maximum atomic E-state index is 14.4. The number of aliphatic imine (C=N–C) groups is 1. The van der Waals surface area contributed by atoms with Crippen molar-refractivity contribution in [3.05, 3.63) is 64.7 Å². The van der Waals surface area contributed by atoms with Gasteiger partial charge in [0.2, 0.25) is 0 Å². The van der Waals surface area contributed by atoms with Crippen molar-refractivity contribution in [1.29, 1.82) is 0 Å². The monoisotopic (exact) mass is 531 g/mol. The Labute approximate surface area is 218 Å². The third kappa shape index (κ3) is 4.11. The van der Waals surface area contributed by atoms with Crippen molar-refractivity contribution in [2.24, 2.45) is 4.99 Å². The molecule has 0 radical (unpaired) electrons. The number of carbonyl (C=O) groups excluding carboxylic acids is 1. The SMILES string of the molecule is COc1cc2c3c(c1OC)/C1=C/C[C@H](OC(=O)[C@@](OC)(c4ccccc4)C(F)(F)F)CC[C@@H](O1)C3=NCC2. The first-order chi connectivity index (χ1) is 18.2. The van der Waals surface area contributed by atoms with Gasteiger partial charge in [0, 0.05) is 31.2 Å². The fraction of sp³-hybridized carbons (Fsp3) is 0.429. The highest BCUT2D eigenvalue weighted by molar-refractivity contribution is 6.12. The Morgan fingerprint density at radius 2 is 1.82 bits per heavy atom. The van der Waals surface area contributed by atoms with Crippen molar-refractivity contribution >= 4 is 17.4 Å². The summed E-state index contributed by atoms with van der Waals surface area (Å²) in [6, 6.07) is 8.75. The Bertz CT molecular complexity index is 1290. The van der Waals surface area contributed by atoms with Gasteiger partial charge in [-0.25, -0.2) is 4.79 Å². The van der Waals surface area contributed by atoms with Crippen LogP contribution in [0.5, 0.6) is 11.5 Å². The number of alkyl halides is 3. The zero-order valence-electron chi connectivity index (χ0n) is 21.3. The van der Waals surface area contributed by atoms with E-state index in [1.54, 1.807) is 19.3 Å². The van der Waals surface area contributed by atoms with Crippen LogP contribution in [0.4, 0.5) is 13.2 Å². The summed E-state index contributed by atoms with van der Waals surface area (Å²) in [5, 5.41) is 0. The number of rotatable bonds is 6. The second-order valence-corrected chi connectivity index (χ2v) is 9.30. The standard InChI is InChI=1S/C28H28F3NO6/c1-34-21-15-16-13-14-32-24-20-12-10-18(9-11-19(38-20)23(22(16)24)25(21)35-2)37-26(33)27(36-3,28(29,30)31)17-7-5-4-6-8-17/h4-8,11,15,18,20H,9-10,12-14H2,1-3H3/b19-11-/t18-,20+,27-/m0/s1. The Kier molecular flexibility index (Phi) is 6.85. The molecule has 0 spiro atoms. The van der Waals surface area contributed by atoms with Crippen molar-refractivity contribution in [3.63, 3.8) is 0 Å². The van der Waals surface area contributed by atoms with E-state index in [-0.39, 0.29) is 18.4 Å². The molecule has 202 valence electrons. The van der Waals surface area contributed by atoms with Gasteiger partial charge in [-0.3, -0.25) is 4.99 Å². The molecule has 0 saturated heterocycles. The second-order valence-electron chi connectivity index (χ2n) is 9.30. The molecule has 3 aliphatic heterocycles. The highest BCUT2D eigenvalue weighted by atomic mass is 19.4. The van der Waals surface area contributed by atoms with E-state index in [1.165, 1.54) is 31.4 Å². The summed E-state index contributed by atoms with van der Waals surface area (Å²) in [5.41, 5.74) is -0.123. The van der Waals surface area contributed by atoms with Crippen molar-refractivity contribution in [1.82, 2.24) is 0 Å². The smallest absolute Gasteiger partial charge is 0.432 e. The van der Waals surface area contributed by atoms with Crippen LogP contribution in [0, 0.1) is 0 Å². The lowest BCUT2D eigenvalue weighted by molar-refractivity contribution is -0.278. The predicted octanol–water partition coefficient (Wildman–Crippen LogP) is 4.99. The van der Waals surface area contributed by atoms with Crippen LogP contribution < -0.4 is 9.47 Å². The van der Waals surface area contributed by atoms with E-state index in [4.69, 9.17) is 28.7 Å². The number of nitrogens with zero attached hydrogens (tertiary/aromatic N) is 1. The minimum atomic E-state index is -5.05. The molecule has 38 heavy (non-hydrogen) atoms. The Balaban J connectivity index is 1.51. The molecule has 10 heteroatoms. The Morgan fingerprint density at radius 1 is 1.05 bits per heavy atom. The fourth-order valence-electron chi connectivity index (χ4n) is 5.45. The van der Waals surface area contributed by atoms with Crippen LogP contribution in [-0.4, -0.2) is 57.9 Å². The first kappa shape index (κ1) is 26.1. The summed E-state index contributed by atoms with van der Waals surface area (Å²) in [4.78, 5) is 18.0. The van der Waals surface area contributed by atoms with E-state index in [2.05, 4.69) is 0 Å². The minimum absolute atomic E-state index is 0.141. The largest absolute Gasteiger partial charge is 0.493 e. The van der Waals surface area contributed by atoms with Gasteiger partial charge < -0.3 is 23.7 Å². The summed E-state index contributed by atoms with van der Waals surface area (Å²) in [6.45, 7) is 0.577. The molecular weight excluding hydrogens is 503 g/mol. The quantitative estimate of drug-likeness (QED) is 0.489. The molecule has 2 aromatic rings.